The molecule has 5 heterocycles. The molecule has 56 heavy (non-hydrogen) atoms. The molecule has 2 bridgehead atoms. The van der Waals surface area contributed by atoms with Gasteiger partial charge < -0.3 is 13.8 Å². The molecular weight excluding hydrogens is 868 g/mol. The Hall–Kier alpha value is -4.54. The van der Waals surface area contributed by atoms with Gasteiger partial charge in [0.05, 0.1) is 6.67 Å². The maximum absolute atomic E-state index is 8.57. The van der Waals surface area contributed by atoms with Crippen molar-refractivity contribution in [3.8, 4) is 17.3 Å². The normalized spacial score (nSPS) is 20.1. The molecule has 0 N–H and O–H groups in total. The fourth-order valence-corrected chi connectivity index (χ4v) is 8.51. The van der Waals surface area contributed by atoms with Gasteiger partial charge in [0.2, 0.25) is 0 Å². The second-order valence-electron chi connectivity index (χ2n) is 18.5. The molecule has 10 rings (SSSR count). The van der Waals surface area contributed by atoms with Gasteiger partial charge in [-0.2, -0.15) is 12.1 Å². The van der Waals surface area contributed by atoms with Crippen molar-refractivity contribution in [3.05, 3.63) is 150 Å². The van der Waals surface area contributed by atoms with Crippen LogP contribution in [0.25, 0.3) is 27.6 Å². The second kappa shape index (κ2) is 13.0. The van der Waals surface area contributed by atoms with Crippen LogP contribution in [-0.2, 0) is 37.3 Å². The van der Waals surface area contributed by atoms with Gasteiger partial charge in [-0.05, 0) is 69.4 Å². The Morgan fingerprint density at radius 2 is 1.38 bits per heavy atom. The van der Waals surface area contributed by atoms with Crippen molar-refractivity contribution in [1.29, 1.82) is 0 Å². The first-order chi connectivity index (χ1) is 27.2. The molecule has 2 aromatic heterocycles. The summed E-state index contributed by atoms with van der Waals surface area (Å²) in [5, 5.41) is 2.22. The standard InChI is InChI=1S/C50H51N4O.Pt/c1-33-14-11-19-45-47(33)54(37-16-12-15-34(26-37)48(2,3)4)31-53(45,32-54)38-17-13-18-39(29-38)55-40-21-22-41-42-27-35(49(5,6)7)20-23-43(42)52(44(41)30-40)46-28-36(24-25-51-46)50(8,9)10;/h11-28,31H,32H2,1-10H3;/q-1;/t53-,54+;/m1./s1/i1D3;. The van der Waals surface area contributed by atoms with Crippen LogP contribution in [0, 0.1) is 25.7 Å². The van der Waals surface area contributed by atoms with Crippen molar-refractivity contribution in [3.63, 3.8) is 0 Å². The van der Waals surface area contributed by atoms with E-state index >= 15 is 0 Å². The molecule has 5 aromatic carbocycles. The first kappa shape index (κ1) is 34.7. The van der Waals surface area contributed by atoms with E-state index in [2.05, 4.69) is 158 Å². The SMILES string of the molecule is [2H]C([2H])([2H])c1cccc2c1[N@@+]1(c3cccc(C(C)(C)C)c3)[CH-][N@+]2(c2[c-]c(Oc3[c-]c4c(cc3)c3cc(C(C)(C)C)ccc3n4-c3cc(C(C)(C)C)ccn3)ccc2)C1.[Pt]. The molecular formula is C50H51N4OPt-. The third kappa shape index (κ3) is 5.97. The maximum Gasteiger partial charge on any atom is 0.184 e. The molecule has 3 aliphatic rings. The average Bonchev–Trinajstić information content (AvgIpc) is 3.74. The van der Waals surface area contributed by atoms with Crippen LogP contribution in [0.3, 0.4) is 0 Å². The summed E-state index contributed by atoms with van der Waals surface area (Å²) in [7, 11) is 0. The van der Waals surface area contributed by atoms with Gasteiger partial charge in [-0.25, -0.2) is 4.98 Å². The Kier molecular flexibility index (Phi) is 8.05. The van der Waals surface area contributed by atoms with Crippen LogP contribution < -0.4 is 13.7 Å². The summed E-state index contributed by atoms with van der Waals surface area (Å²) in [5.41, 5.74) is 9.57. The number of fused-ring (bicyclic) bond motifs is 3. The molecule has 0 amide bonds. The van der Waals surface area contributed by atoms with E-state index in [1.54, 1.807) is 6.07 Å². The van der Waals surface area contributed by atoms with Gasteiger partial charge in [-0.3, -0.25) is 4.48 Å². The van der Waals surface area contributed by atoms with E-state index in [9.17, 15) is 0 Å². The fraction of sp³-hybridized carbons (Fsp3) is 0.280. The smallest absolute Gasteiger partial charge is 0.184 e. The third-order valence-corrected chi connectivity index (χ3v) is 11.6. The monoisotopic (exact) mass is 921 g/mol. The summed E-state index contributed by atoms with van der Waals surface area (Å²) in [5.74, 6) is 1.96. The first-order valence-corrected chi connectivity index (χ1v) is 19.3. The minimum absolute atomic E-state index is 0. The van der Waals surface area contributed by atoms with Gasteiger partial charge in [0.1, 0.15) is 11.5 Å². The minimum Gasteiger partial charge on any atom is -0.509 e. The van der Waals surface area contributed by atoms with Gasteiger partial charge in [0.15, 0.2) is 18.0 Å². The molecule has 0 aliphatic carbocycles. The Labute approximate surface area is 351 Å². The zero-order chi connectivity index (χ0) is 41.2. The number of quaternary nitrogens is 2. The number of para-hydroxylation sites is 1. The molecule has 288 valence electrons. The van der Waals surface area contributed by atoms with E-state index < -0.39 is 6.85 Å². The van der Waals surface area contributed by atoms with Crippen molar-refractivity contribution < 1.29 is 29.9 Å². The molecule has 3 aliphatic heterocycles. The van der Waals surface area contributed by atoms with Crippen molar-refractivity contribution in [1.82, 2.24) is 18.5 Å². The molecule has 6 heteroatoms. The number of aryl methyl sites for hydroxylation is 1. The summed E-state index contributed by atoms with van der Waals surface area (Å²) < 4.78 is 35.3. The topological polar surface area (TPSA) is 27.1 Å². The van der Waals surface area contributed by atoms with Crippen molar-refractivity contribution >= 4 is 44.6 Å². The Bertz CT molecular complexity index is 2780. The fourth-order valence-electron chi connectivity index (χ4n) is 8.51. The van der Waals surface area contributed by atoms with E-state index in [1.165, 1.54) is 16.7 Å². The number of aromatic nitrogens is 2. The van der Waals surface area contributed by atoms with E-state index in [0.29, 0.717) is 32.7 Å². The Morgan fingerprint density at radius 3 is 2.11 bits per heavy atom. The summed E-state index contributed by atoms with van der Waals surface area (Å²) in [4.78, 5) is 4.89. The van der Waals surface area contributed by atoms with Crippen molar-refractivity contribution in [2.45, 2.75) is 85.4 Å². The number of hydrogen-bond acceptors (Lipinski definition) is 2. The molecule has 1 fully saturated rings. The molecule has 7 aromatic rings. The quantitative estimate of drug-likeness (QED) is 0.127. The van der Waals surface area contributed by atoms with Crippen molar-refractivity contribution in [2.75, 3.05) is 6.67 Å². The average molecular weight is 922 g/mol. The van der Waals surface area contributed by atoms with Gasteiger partial charge in [0.25, 0.3) is 0 Å². The van der Waals surface area contributed by atoms with Crippen LogP contribution in [-0.4, -0.2) is 16.2 Å². The number of benzene rings is 5. The van der Waals surface area contributed by atoms with E-state index in [-0.39, 0.29) is 37.3 Å². The largest absolute Gasteiger partial charge is 0.509 e. The minimum atomic E-state index is -2.28. The first-order valence-electron chi connectivity index (χ1n) is 20.8. The number of rotatable bonds is 5. The van der Waals surface area contributed by atoms with Crippen LogP contribution in [0.5, 0.6) is 11.5 Å². The van der Waals surface area contributed by atoms with Crippen molar-refractivity contribution in [2.24, 2.45) is 0 Å². The predicted molar refractivity (Wildman–Crippen MR) is 229 cm³/mol. The third-order valence-electron chi connectivity index (χ3n) is 11.6. The van der Waals surface area contributed by atoms with E-state index in [4.69, 9.17) is 13.8 Å². The Balaban J connectivity index is 0.00000484. The zero-order valence-corrected chi connectivity index (χ0v) is 36.0. The molecule has 2 atom stereocenters. The number of nitrogens with zero attached hydrogens (tertiary/aromatic N) is 4. The molecule has 0 spiro atoms. The molecule has 0 radical (unpaired) electrons. The molecule has 0 saturated carbocycles. The van der Waals surface area contributed by atoms with E-state index in [0.717, 1.165) is 50.4 Å². The maximum atomic E-state index is 8.57. The number of ether oxygens (including phenoxy) is 1. The molecule has 5 nitrogen and oxygen atoms in total. The summed E-state index contributed by atoms with van der Waals surface area (Å²) in [6.07, 6.45) is 1.89. The van der Waals surface area contributed by atoms with Gasteiger partial charge >= 0.3 is 0 Å². The number of pyridine rings is 1. The van der Waals surface area contributed by atoms with Gasteiger partial charge in [-0.15, -0.1) is 29.7 Å². The van der Waals surface area contributed by atoms with E-state index in [1.807, 2.05) is 30.5 Å². The van der Waals surface area contributed by atoms with Gasteiger partial charge in [-0.1, -0.05) is 110 Å². The predicted octanol–water partition coefficient (Wildman–Crippen LogP) is 13.2. The second-order valence-corrected chi connectivity index (χ2v) is 18.5. The van der Waals surface area contributed by atoms with Crippen LogP contribution >= 0.6 is 0 Å². The Morgan fingerprint density at radius 1 is 0.696 bits per heavy atom. The summed E-state index contributed by atoms with van der Waals surface area (Å²) in [6, 6.07) is 42.6. The van der Waals surface area contributed by atoms with Crippen LogP contribution in [0.4, 0.5) is 22.7 Å². The summed E-state index contributed by atoms with van der Waals surface area (Å²) in [6.45, 7) is 20.6. The zero-order valence-electron chi connectivity index (χ0n) is 36.7. The number of hydrogen-bond donors (Lipinski definition) is 0. The van der Waals surface area contributed by atoms with Crippen LogP contribution in [0.15, 0.2) is 109 Å². The summed E-state index contributed by atoms with van der Waals surface area (Å²) >= 11 is 0. The van der Waals surface area contributed by atoms with Gasteiger partial charge in [0, 0.05) is 71.8 Å². The molecule has 1 saturated heterocycles. The van der Waals surface area contributed by atoms with Crippen LogP contribution in [0.2, 0.25) is 0 Å². The van der Waals surface area contributed by atoms with Crippen LogP contribution in [0.1, 0.15) is 88.7 Å². The molecule has 0 unspecified atom stereocenters.